The number of hydrogen-bond donors (Lipinski definition) is 0. The Kier molecular flexibility index (Phi) is 12.1. The van der Waals surface area contributed by atoms with Crippen LogP contribution in [0.1, 0.15) is 43.0 Å². The normalized spacial score (nSPS) is 15.5. The van der Waals surface area contributed by atoms with Gasteiger partial charge < -0.3 is 19.6 Å². The van der Waals surface area contributed by atoms with Gasteiger partial charge in [-0.25, -0.2) is 0 Å². The molecular formula is C33H40N4W2-2. The van der Waals surface area contributed by atoms with Crippen LogP contribution < -0.4 is 9.80 Å². The van der Waals surface area contributed by atoms with E-state index < -0.39 is 0 Å². The number of hydrogen-bond acceptors (Lipinski definition) is 4. The molecule has 0 aliphatic carbocycles. The van der Waals surface area contributed by atoms with Gasteiger partial charge >= 0.3 is 0 Å². The van der Waals surface area contributed by atoms with E-state index in [-0.39, 0.29) is 42.1 Å². The molecule has 0 fully saturated rings. The third kappa shape index (κ3) is 6.97. The Balaban J connectivity index is 0.000000371. The molecule has 0 unspecified atom stereocenters. The van der Waals surface area contributed by atoms with Crippen molar-refractivity contribution in [3.05, 3.63) is 131 Å². The molecule has 4 rings (SSSR count). The maximum atomic E-state index is 4.22. The van der Waals surface area contributed by atoms with Crippen LogP contribution in [-0.4, -0.2) is 23.9 Å². The third-order valence-electron chi connectivity index (χ3n) is 7.26. The summed E-state index contributed by atoms with van der Waals surface area (Å²) in [6.45, 7) is 31.2. The summed E-state index contributed by atoms with van der Waals surface area (Å²) in [5.74, 6) is 1.84. The molecule has 206 valence electrons. The van der Waals surface area contributed by atoms with Gasteiger partial charge in [-0.2, -0.15) is 47.5 Å². The molecule has 2 aromatic rings. The first-order valence-corrected chi connectivity index (χ1v) is 12.4. The molecule has 0 amide bonds. The molecular weight excluding hydrogens is 820 g/mol. The zero-order valence-electron chi connectivity index (χ0n) is 24.8. The molecule has 2 aromatic carbocycles. The molecule has 4 nitrogen and oxygen atoms in total. The molecule has 2 aliphatic rings. The average molecular weight is 860 g/mol. The third-order valence-corrected chi connectivity index (χ3v) is 7.26. The maximum Gasteiger partial charge on any atom is 0.0983 e. The average Bonchev–Trinajstić information content (AvgIpc) is 2.83. The minimum Gasteiger partial charge on any atom is -0.352 e. The summed E-state index contributed by atoms with van der Waals surface area (Å²) in [4.78, 5) is 8.34. The van der Waals surface area contributed by atoms with Crippen LogP contribution >= 0.6 is 0 Å². The maximum absolute atomic E-state index is 4.22. The summed E-state index contributed by atoms with van der Waals surface area (Å²) in [5.41, 5.74) is 12.3. The summed E-state index contributed by atoms with van der Waals surface area (Å²) in [7, 11) is 4.05. The van der Waals surface area contributed by atoms with Crippen LogP contribution in [0.4, 0.5) is 11.4 Å². The van der Waals surface area contributed by atoms with Crippen LogP contribution in [0.5, 0.6) is 0 Å². The molecule has 39 heavy (non-hydrogen) atoms. The predicted molar refractivity (Wildman–Crippen MR) is 159 cm³/mol. The van der Waals surface area contributed by atoms with Crippen LogP contribution in [-0.2, 0) is 42.1 Å². The minimum absolute atomic E-state index is 0. The first kappa shape index (κ1) is 34.5. The van der Waals surface area contributed by atoms with Gasteiger partial charge in [-0.1, -0.05) is 65.4 Å². The molecule has 2 aliphatic heterocycles. The molecule has 0 radical (unpaired) electrons. The van der Waals surface area contributed by atoms with E-state index in [0.717, 1.165) is 51.2 Å². The topological polar surface area (TPSA) is 13.0 Å². The Hall–Kier alpha value is -2.54. The number of anilines is 2. The second-order valence-corrected chi connectivity index (χ2v) is 9.92. The predicted octanol–water partition coefficient (Wildman–Crippen LogP) is 7.87. The van der Waals surface area contributed by atoms with Gasteiger partial charge in [0.15, 0.2) is 0 Å². The number of benzene rings is 2. The molecule has 2 heterocycles. The first-order valence-electron chi connectivity index (χ1n) is 12.4. The Morgan fingerprint density at radius 3 is 1.54 bits per heavy atom. The fourth-order valence-corrected chi connectivity index (χ4v) is 4.58. The van der Waals surface area contributed by atoms with Gasteiger partial charge in [0.2, 0.25) is 0 Å². The van der Waals surface area contributed by atoms with E-state index in [4.69, 9.17) is 0 Å². The number of aryl methyl sites for hydroxylation is 4. The van der Waals surface area contributed by atoms with Crippen LogP contribution in [0.2, 0.25) is 0 Å². The number of nitrogens with zero attached hydrogens (tertiary/aromatic N) is 4. The Bertz CT molecular complexity index is 1370. The van der Waals surface area contributed by atoms with Crippen LogP contribution in [0, 0.1) is 39.8 Å². The van der Waals surface area contributed by atoms with Gasteiger partial charge in [0, 0.05) is 79.0 Å². The van der Waals surface area contributed by atoms with Gasteiger partial charge in [-0.3, -0.25) is 0 Å². The second kappa shape index (κ2) is 13.7. The van der Waals surface area contributed by atoms with Crippen molar-refractivity contribution in [1.82, 2.24) is 9.80 Å². The van der Waals surface area contributed by atoms with Crippen molar-refractivity contribution in [3.63, 3.8) is 0 Å². The number of rotatable bonds is 2. The molecule has 0 aromatic heterocycles. The quantitative estimate of drug-likeness (QED) is 0.286. The van der Waals surface area contributed by atoms with E-state index in [1.54, 1.807) is 0 Å². The Morgan fingerprint density at radius 2 is 1.08 bits per heavy atom. The smallest absolute Gasteiger partial charge is 0.0983 e. The van der Waals surface area contributed by atoms with Gasteiger partial charge in [0.05, 0.1) is 11.6 Å². The fraction of sp³-hybridized carbons (Fsp3) is 0.273. The van der Waals surface area contributed by atoms with Gasteiger partial charge in [0.25, 0.3) is 0 Å². The second-order valence-electron chi connectivity index (χ2n) is 9.92. The molecule has 0 saturated heterocycles. The Labute approximate surface area is 265 Å². The van der Waals surface area contributed by atoms with Crippen molar-refractivity contribution in [1.29, 1.82) is 0 Å². The molecule has 0 N–H and O–H groups in total. The fourth-order valence-electron chi connectivity index (χ4n) is 4.58. The summed E-state index contributed by atoms with van der Waals surface area (Å²) in [6, 6.07) is 14.8. The van der Waals surface area contributed by atoms with E-state index in [2.05, 4.69) is 118 Å². The zero-order valence-corrected chi connectivity index (χ0v) is 30.7. The SMILES string of the molecule is C=C1C(C)=C(C)N(C)C(=C)N1c1c[c-]c(C)cc1C.C=C1C=C(C)N(C)C(=C)N1c1c[c-]c(C)cc1C.[W].[W]. The van der Waals surface area contributed by atoms with E-state index >= 15 is 0 Å². The summed E-state index contributed by atoms with van der Waals surface area (Å²) < 4.78 is 0. The van der Waals surface area contributed by atoms with Gasteiger partial charge in [-0.05, 0) is 32.4 Å². The summed E-state index contributed by atoms with van der Waals surface area (Å²) in [5, 5.41) is 0. The van der Waals surface area contributed by atoms with Crippen molar-refractivity contribution in [2.75, 3.05) is 23.9 Å². The van der Waals surface area contributed by atoms with Crippen molar-refractivity contribution < 1.29 is 42.1 Å². The first-order chi connectivity index (χ1) is 17.3. The summed E-state index contributed by atoms with van der Waals surface area (Å²) in [6.07, 6.45) is 2.06. The molecule has 0 atom stereocenters. The number of allylic oxidation sites excluding steroid dienone is 4. The van der Waals surface area contributed by atoms with Crippen molar-refractivity contribution in [3.8, 4) is 0 Å². The monoisotopic (exact) mass is 860 g/mol. The largest absolute Gasteiger partial charge is 0.352 e. The minimum atomic E-state index is 0. The van der Waals surface area contributed by atoms with Crippen molar-refractivity contribution >= 4 is 11.4 Å². The molecule has 6 heteroatoms. The van der Waals surface area contributed by atoms with Crippen molar-refractivity contribution in [2.45, 2.75) is 48.5 Å². The van der Waals surface area contributed by atoms with Crippen LogP contribution in [0.3, 0.4) is 0 Å². The molecule has 0 spiro atoms. The van der Waals surface area contributed by atoms with Gasteiger partial charge in [-0.15, -0.1) is 11.1 Å². The zero-order chi connectivity index (χ0) is 27.8. The van der Waals surface area contributed by atoms with E-state index in [1.165, 1.54) is 22.4 Å². The van der Waals surface area contributed by atoms with Crippen LogP contribution in [0.25, 0.3) is 0 Å². The molecule has 0 bridgehead atoms. The van der Waals surface area contributed by atoms with Crippen LogP contribution in [0.15, 0.2) is 96.7 Å². The standard InChI is InChI=1S/C17H21N2.C16H19N2.2W/c1-11-8-9-17(12(2)10-11)19-15(5)13(3)14(4)18(7)16(19)6;1-11-7-8-16(12(2)9-11)18-14(4)10-13(3)17(6)15(18)5;;/h9-10H,5-6H2,1-4,7H3;8-10H,4-5H2,1-3,6H3;;/q2*-1;;. The Morgan fingerprint density at radius 1 is 0.641 bits per heavy atom. The summed E-state index contributed by atoms with van der Waals surface area (Å²) >= 11 is 0. The van der Waals surface area contributed by atoms with E-state index in [0.29, 0.717) is 0 Å². The van der Waals surface area contributed by atoms with E-state index in [9.17, 15) is 0 Å². The van der Waals surface area contributed by atoms with E-state index in [1.807, 2.05) is 33.2 Å². The molecule has 0 saturated carbocycles. The van der Waals surface area contributed by atoms with Crippen molar-refractivity contribution in [2.24, 2.45) is 0 Å². The van der Waals surface area contributed by atoms with Gasteiger partial charge in [0.1, 0.15) is 0 Å².